The third-order valence-electron chi connectivity index (χ3n) is 3.68. The van der Waals surface area contributed by atoms with Gasteiger partial charge in [0.15, 0.2) is 0 Å². The first-order chi connectivity index (χ1) is 8.17. The zero-order valence-electron chi connectivity index (χ0n) is 10.2. The second-order valence-electron chi connectivity index (χ2n) is 4.91. The maximum Gasteiger partial charge on any atom is 0.201 e. The Morgan fingerprint density at radius 1 is 1.47 bits per heavy atom. The number of ether oxygens (including phenoxy) is 1. The van der Waals surface area contributed by atoms with Gasteiger partial charge in [-0.25, -0.2) is 4.98 Å². The lowest BCUT2D eigenvalue weighted by Crippen LogP contribution is -2.41. The molecule has 0 spiro atoms. The van der Waals surface area contributed by atoms with Gasteiger partial charge >= 0.3 is 0 Å². The van der Waals surface area contributed by atoms with Crippen molar-refractivity contribution < 1.29 is 4.74 Å². The van der Waals surface area contributed by atoms with Crippen LogP contribution in [0.5, 0.6) is 0 Å². The molecule has 1 fully saturated rings. The molecular formula is C13H17N3O. The third kappa shape index (κ3) is 1.78. The number of imidazole rings is 1. The smallest absolute Gasteiger partial charge is 0.201 e. The Kier molecular flexibility index (Phi) is 2.33. The molecule has 4 heteroatoms. The number of H-pyrrole nitrogens is 1. The highest BCUT2D eigenvalue weighted by Crippen LogP contribution is 2.29. The van der Waals surface area contributed by atoms with E-state index in [2.05, 4.69) is 29.1 Å². The summed E-state index contributed by atoms with van der Waals surface area (Å²) in [7, 11) is 0. The van der Waals surface area contributed by atoms with Gasteiger partial charge in [-0.1, -0.05) is 12.1 Å². The molecule has 17 heavy (non-hydrogen) atoms. The number of aromatic amines is 1. The minimum Gasteiger partial charge on any atom is -0.376 e. The lowest BCUT2D eigenvalue weighted by molar-refractivity contribution is 0.105. The number of anilines is 1. The summed E-state index contributed by atoms with van der Waals surface area (Å²) in [6.45, 7) is 5.09. The van der Waals surface area contributed by atoms with Gasteiger partial charge in [0.2, 0.25) is 5.95 Å². The van der Waals surface area contributed by atoms with Crippen molar-refractivity contribution in [3.8, 4) is 0 Å². The van der Waals surface area contributed by atoms with Crippen LogP contribution in [0.15, 0.2) is 24.3 Å². The Morgan fingerprint density at radius 3 is 3.00 bits per heavy atom. The molecule has 2 atom stereocenters. The molecule has 1 aromatic heterocycles. The highest BCUT2D eigenvalue weighted by atomic mass is 16.5. The minimum atomic E-state index is -0.0339. The molecule has 2 aromatic rings. The number of benzene rings is 1. The van der Waals surface area contributed by atoms with E-state index >= 15 is 0 Å². The first-order valence-electron chi connectivity index (χ1n) is 6.02. The average molecular weight is 231 g/mol. The molecule has 0 saturated carbocycles. The molecule has 3 rings (SSSR count). The molecule has 0 amide bonds. The fourth-order valence-corrected chi connectivity index (χ4v) is 2.28. The molecule has 2 unspecified atom stereocenters. The van der Waals surface area contributed by atoms with E-state index in [1.807, 2.05) is 24.3 Å². The number of nitrogens with zero attached hydrogens (tertiary/aromatic N) is 1. The van der Waals surface area contributed by atoms with Crippen LogP contribution in [-0.4, -0.2) is 28.2 Å². The Morgan fingerprint density at radius 2 is 2.29 bits per heavy atom. The number of rotatable bonds is 2. The predicted octanol–water partition coefficient (Wildman–Crippen LogP) is 2.54. The predicted molar refractivity (Wildman–Crippen MR) is 68.2 cm³/mol. The van der Waals surface area contributed by atoms with Crippen molar-refractivity contribution in [2.75, 3.05) is 11.9 Å². The van der Waals surface area contributed by atoms with Crippen LogP contribution in [0.1, 0.15) is 20.3 Å². The summed E-state index contributed by atoms with van der Waals surface area (Å²) in [6.07, 6.45) is 1.21. The standard InChI is InChI=1S/C13H17N3O/c1-9-13(2,7-8-17-9)16-12-14-10-5-3-4-6-11(10)15-12/h3-6,9H,7-8H2,1-2H3,(H2,14,15,16). The second-order valence-corrected chi connectivity index (χ2v) is 4.91. The van der Waals surface area contributed by atoms with Crippen molar-refractivity contribution in [2.24, 2.45) is 0 Å². The van der Waals surface area contributed by atoms with Gasteiger partial charge in [0.05, 0.1) is 22.7 Å². The molecule has 0 aliphatic carbocycles. The van der Waals surface area contributed by atoms with Gasteiger partial charge < -0.3 is 15.0 Å². The van der Waals surface area contributed by atoms with Gasteiger partial charge in [-0.3, -0.25) is 0 Å². The van der Waals surface area contributed by atoms with Gasteiger partial charge in [0.25, 0.3) is 0 Å². The van der Waals surface area contributed by atoms with E-state index in [-0.39, 0.29) is 11.6 Å². The molecular weight excluding hydrogens is 214 g/mol. The van der Waals surface area contributed by atoms with Gasteiger partial charge in [0, 0.05) is 6.61 Å². The zero-order valence-corrected chi connectivity index (χ0v) is 10.2. The minimum absolute atomic E-state index is 0.0339. The number of hydrogen-bond acceptors (Lipinski definition) is 3. The fourth-order valence-electron chi connectivity index (χ4n) is 2.28. The van der Waals surface area contributed by atoms with Gasteiger partial charge in [-0.2, -0.15) is 0 Å². The number of para-hydroxylation sites is 2. The van der Waals surface area contributed by atoms with E-state index in [0.717, 1.165) is 30.0 Å². The van der Waals surface area contributed by atoms with Crippen molar-refractivity contribution in [3.63, 3.8) is 0 Å². The lowest BCUT2D eigenvalue weighted by Gasteiger charge is -2.28. The molecule has 1 saturated heterocycles. The fraction of sp³-hybridized carbons (Fsp3) is 0.462. The van der Waals surface area contributed by atoms with Crippen molar-refractivity contribution in [1.82, 2.24) is 9.97 Å². The highest BCUT2D eigenvalue weighted by Gasteiger charge is 2.37. The summed E-state index contributed by atoms with van der Waals surface area (Å²) >= 11 is 0. The molecule has 2 heterocycles. The molecule has 0 radical (unpaired) electrons. The molecule has 4 nitrogen and oxygen atoms in total. The zero-order chi connectivity index (χ0) is 11.9. The average Bonchev–Trinajstić information content (AvgIpc) is 2.83. The number of fused-ring (bicyclic) bond motifs is 1. The maximum atomic E-state index is 5.61. The summed E-state index contributed by atoms with van der Waals surface area (Å²) in [4.78, 5) is 7.82. The first kappa shape index (κ1) is 10.6. The van der Waals surface area contributed by atoms with Crippen LogP contribution in [0.25, 0.3) is 11.0 Å². The second kappa shape index (κ2) is 3.74. The molecule has 2 N–H and O–H groups in total. The molecule has 1 aliphatic rings. The quantitative estimate of drug-likeness (QED) is 0.835. The van der Waals surface area contributed by atoms with E-state index in [9.17, 15) is 0 Å². The Bertz CT molecular complexity index is 503. The van der Waals surface area contributed by atoms with E-state index in [1.54, 1.807) is 0 Å². The normalized spacial score (nSPS) is 28.7. The van der Waals surface area contributed by atoms with E-state index in [0.29, 0.717) is 0 Å². The van der Waals surface area contributed by atoms with Crippen LogP contribution < -0.4 is 5.32 Å². The topological polar surface area (TPSA) is 49.9 Å². The van der Waals surface area contributed by atoms with E-state index in [4.69, 9.17) is 4.74 Å². The van der Waals surface area contributed by atoms with Crippen molar-refractivity contribution >= 4 is 17.0 Å². The van der Waals surface area contributed by atoms with Crippen molar-refractivity contribution in [2.45, 2.75) is 31.9 Å². The SMILES string of the molecule is CC1OCCC1(C)Nc1nc2ccccc2[nH]1. The Balaban J connectivity index is 1.89. The number of aromatic nitrogens is 2. The summed E-state index contributed by atoms with van der Waals surface area (Å²) < 4.78 is 5.61. The molecule has 1 aromatic carbocycles. The van der Waals surface area contributed by atoms with Crippen LogP contribution in [0.4, 0.5) is 5.95 Å². The van der Waals surface area contributed by atoms with E-state index < -0.39 is 0 Å². The van der Waals surface area contributed by atoms with Gasteiger partial charge in [-0.05, 0) is 32.4 Å². The van der Waals surface area contributed by atoms with Crippen LogP contribution in [0, 0.1) is 0 Å². The number of hydrogen-bond donors (Lipinski definition) is 2. The Labute approximate surface area is 100 Å². The van der Waals surface area contributed by atoms with Crippen LogP contribution in [0.2, 0.25) is 0 Å². The van der Waals surface area contributed by atoms with Gasteiger partial charge in [-0.15, -0.1) is 0 Å². The summed E-state index contributed by atoms with van der Waals surface area (Å²) in [6, 6.07) is 8.04. The van der Waals surface area contributed by atoms with Crippen LogP contribution in [0.3, 0.4) is 0 Å². The van der Waals surface area contributed by atoms with Crippen molar-refractivity contribution in [3.05, 3.63) is 24.3 Å². The summed E-state index contributed by atoms with van der Waals surface area (Å²) in [5.41, 5.74) is 2.02. The first-order valence-corrected chi connectivity index (χ1v) is 6.02. The molecule has 1 aliphatic heterocycles. The third-order valence-corrected chi connectivity index (χ3v) is 3.68. The van der Waals surface area contributed by atoms with E-state index in [1.165, 1.54) is 0 Å². The Hall–Kier alpha value is -1.55. The largest absolute Gasteiger partial charge is 0.376 e. The van der Waals surface area contributed by atoms with Crippen LogP contribution in [-0.2, 0) is 4.74 Å². The molecule has 0 bridgehead atoms. The van der Waals surface area contributed by atoms with Crippen molar-refractivity contribution in [1.29, 1.82) is 0 Å². The molecule has 90 valence electrons. The summed E-state index contributed by atoms with van der Waals surface area (Å²) in [5.74, 6) is 0.825. The van der Waals surface area contributed by atoms with Crippen LogP contribution >= 0.6 is 0 Å². The maximum absolute atomic E-state index is 5.61. The lowest BCUT2D eigenvalue weighted by atomic mass is 9.95. The monoisotopic (exact) mass is 231 g/mol. The van der Waals surface area contributed by atoms with Gasteiger partial charge in [0.1, 0.15) is 0 Å². The highest BCUT2D eigenvalue weighted by molar-refractivity contribution is 5.77. The number of nitrogens with one attached hydrogen (secondary N) is 2. The summed E-state index contributed by atoms with van der Waals surface area (Å²) in [5, 5.41) is 3.46.